The Morgan fingerprint density at radius 3 is 1.64 bits per heavy atom. The minimum absolute atomic E-state index is 0.256. The van der Waals surface area contributed by atoms with E-state index in [2.05, 4.69) is 0 Å². The normalized spacial score (nSPS) is 23.9. The zero-order valence-electron chi connectivity index (χ0n) is 14.2. The molecule has 0 unspecified atom stereocenters. The number of carbonyl (C=O) groups is 1. The fourth-order valence-electron chi connectivity index (χ4n) is 2.66. The Kier molecular flexibility index (Phi) is 13.6. The third kappa shape index (κ3) is 13.1. The highest BCUT2D eigenvalue weighted by Crippen LogP contribution is 2.09. The van der Waals surface area contributed by atoms with Crippen LogP contribution in [-0.2, 0) is 13.9 Å². The predicted molar refractivity (Wildman–Crippen MR) is 92.0 cm³/mol. The van der Waals surface area contributed by atoms with Crippen LogP contribution in [0.15, 0.2) is 0 Å². The summed E-state index contributed by atoms with van der Waals surface area (Å²) in [6, 6.07) is 1.33. The summed E-state index contributed by atoms with van der Waals surface area (Å²) in [6.45, 7) is 1.97. The Morgan fingerprint density at radius 1 is 0.591 bits per heavy atom. The summed E-state index contributed by atoms with van der Waals surface area (Å²) in [5.74, 6) is 0. The lowest BCUT2D eigenvalue weighted by Crippen LogP contribution is -2.09. The minimum Gasteiger partial charge on any atom is -0.434 e. The molecule has 0 aromatic heterocycles. The second-order valence-corrected chi connectivity index (χ2v) is 7.68. The Hall–Kier alpha value is -0.553. The van der Waals surface area contributed by atoms with Crippen molar-refractivity contribution < 1.29 is 18.7 Å². The monoisotopic (exact) mass is 330 g/mol. The van der Waals surface area contributed by atoms with Crippen molar-refractivity contribution >= 4 is 15.9 Å². The van der Waals surface area contributed by atoms with E-state index in [-0.39, 0.29) is 9.76 Å². The van der Waals surface area contributed by atoms with Crippen molar-refractivity contribution in [1.29, 1.82) is 0 Å². The van der Waals surface area contributed by atoms with Gasteiger partial charge in [0.1, 0.15) is 0 Å². The maximum absolute atomic E-state index is 11.3. The molecular weight excluding hydrogens is 296 g/mol. The van der Waals surface area contributed by atoms with Crippen molar-refractivity contribution in [3.63, 3.8) is 0 Å². The van der Waals surface area contributed by atoms with Gasteiger partial charge in [0.05, 0.1) is 13.2 Å². The van der Waals surface area contributed by atoms with E-state index in [4.69, 9.17) is 13.9 Å². The van der Waals surface area contributed by atoms with Crippen LogP contribution in [0.5, 0.6) is 0 Å². The van der Waals surface area contributed by atoms with Crippen LogP contribution in [0.25, 0.3) is 0 Å². The molecule has 1 aliphatic heterocycles. The van der Waals surface area contributed by atoms with Crippen LogP contribution in [0, 0.1) is 0 Å². The molecule has 0 N–H and O–H groups in total. The molecule has 0 amide bonds. The SMILES string of the molecule is O=C1OCCCCCCCCO[SiH2]CCCCCCCCO1. The van der Waals surface area contributed by atoms with Crippen molar-refractivity contribution in [2.24, 2.45) is 0 Å². The first-order valence-electron chi connectivity index (χ1n) is 9.27. The second kappa shape index (κ2) is 15.3. The van der Waals surface area contributed by atoms with E-state index in [1.165, 1.54) is 57.4 Å². The first-order chi connectivity index (χ1) is 10.9. The summed E-state index contributed by atoms with van der Waals surface area (Å²) in [7, 11) is -0.256. The number of hydrogen-bond donors (Lipinski definition) is 0. The second-order valence-electron chi connectivity index (χ2n) is 6.16. The first kappa shape index (κ1) is 19.5. The molecule has 1 aliphatic rings. The molecule has 0 aromatic rings. The van der Waals surface area contributed by atoms with Gasteiger partial charge >= 0.3 is 6.16 Å². The number of carbonyl (C=O) groups excluding carboxylic acids is 1. The van der Waals surface area contributed by atoms with Gasteiger partial charge in [-0.1, -0.05) is 57.8 Å². The Balaban J connectivity index is 2.09. The molecule has 0 aromatic carbocycles. The number of ether oxygens (including phenoxy) is 2. The molecule has 0 radical (unpaired) electrons. The lowest BCUT2D eigenvalue weighted by molar-refractivity contribution is 0.0529. The number of cyclic esters (lactones) is 2. The van der Waals surface area contributed by atoms with Gasteiger partial charge < -0.3 is 13.9 Å². The number of rotatable bonds is 0. The lowest BCUT2D eigenvalue weighted by atomic mass is 10.1. The molecule has 0 bridgehead atoms. The van der Waals surface area contributed by atoms with Crippen molar-refractivity contribution in [3.8, 4) is 0 Å². The van der Waals surface area contributed by atoms with Crippen LogP contribution in [0.1, 0.15) is 77.0 Å². The summed E-state index contributed by atoms with van der Waals surface area (Å²) < 4.78 is 15.9. The molecule has 0 atom stereocenters. The molecule has 5 heteroatoms. The fraction of sp³-hybridized carbons (Fsp3) is 0.941. The summed E-state index contributed by atoms with van der Waals surface area (Å²) >= 11 is 0. The molecule has 1 saturated heterocycles. The highest BCUT2D eigenvalue weighted by molar-refractivity contribution is 6.26. The molecule has 4 nitrogen and oxygen atoms in total. The zero-order valence-corrected chi connectivity index (χ0v) is 15.6. The average Bonchev–Trinajstić information content (AvgIpc) is 2.52. The molecule has 0 spiro atoms. The summed E-state index contributed by atoms with van der Waals surface area (Å²) in [6.07, 6.45) is 13.8. The van der Waals surface area contributed by atoms with Crippen LogP contribution in [0.3, 0.4) is 0 Å². The molecule has 0 aliphatic carbocycles. The predicted octanol–water partition coefficient (Wildman–Crippen LogP) is 4.35. The largest absolute Gasteiger partial charge is 0.508 e. The van der Waals surface area contributed by atoms with Crippen LogP contribution in [0.4, 0.5) is 4.79 Å². The van der Waals surface area contributed by atoms with Gasteiger partial charge in [-0.2, -0.15) is 0 Å². The maximum Gasteiger partial charge on any atom is 0.508 e. The Bertz CT molecular complexity index is 237. The molecule has 1 heterocycles. The van der Waals surface area contributed by atoms with Gasteiger partial charge in [0.2, 0.25) is 0 Å². The summed E-state index contributed by atoms with van der Waals surface area (Å²) in [5.41, 5.74) is 0. The minimum atomic E-state index is -0.493. The molecule has 130 valence electrons. The van der Waals surface area contributed by atoms with Crippen molar-refractivity contribution in [2.75, 3.05) is 19.8 Å². The molecular formula is C17H34O4Si. The van der Waals surface area contributed by atoms with E-state index in [0.717, 1.165) is 32.3 Å². The van der Waals surface area contributed by atoms with Crippen LogP contribution < -0.4 is 0 Å². The van der Waals surface area contributed by atoms with E-state index >= 15 is 0 Å². The first-order valence-corrected chi connectivity index (χ1v) is 10.8. The number of hydrogen-bond acceptors (Lipinski definition) is 4. The highest BCUT2D eigenvalue weighted by atomic mass is 28.2. The van der Waals surface area contributed by atoms with Crippen molar-refractivity contribution in [2.45, 2.75) is 83.1 Å². The van der Waals surface area contributed by atoms with Gasteiger partial charge in [-0.3, -0.25) is 0 Å². The Morgan fingerprint density at radius 2 is 1.05 bits per heavy atom. The van der Waals surface area contributed by atoms with Crippen molar-refractivity contribution in [1.82, 2.24) is 0 Å². The standard InChI is InChI=1S/C17H34O4Si/c18-17-19-13-9-5-1-2-7-11-15-21-22-16-12-8-4-3-6-10-14-20-17/h1-16,22H2. The van der Waals surface area contributed by atoms with Gasteiger partial charge in [-0.05, 0) is 25.3 Å². The van der Waals surface area contributed by atoms with Gasteiger partial charge in [-0.25, -0.2) is 4.79 Å². The Labute approximate surface area is 138 Å². The average molecular weight is 331 g/mol. The lowest BCUT2D eigenvalue weighted by Gasteiger charge is -2.06. The van der Waals surface area contributed by atoms with Crippen LogP contribution in [-0.4, -0.2) is 35.7 Å². The quantitative estimate of drug-likeness (QED) is 0.489. The fourth-order valence-corrected chi connectivity index (χ4v) is 3.83. The molecule has 1 fully saturated rings. The van der Waals surface area contributed by atoms with E-state index in [0.29, 0.717) is 13.2 Å². The summed E-state index contributed by atoms with van der Waals surface area (Å²) in [5, 5.41) is 0. The van der Waals surface area contributed by atoms with Gasteiger partial charge in [-0.15, -0.1) is 0 Å². The smallest absolute Gasteiger partial charge is 0.434 e. The van der Waals surface area contributed by atoms with Crippen LogP contribution in [0.2, 0.25) is 6.04 Å². The van der Waals surface area contributed by atoms with Gasteiger partial charge in [0, 0.05) is 6.61 Å². The van der Waals surface area contributed by atoms with E-state index in [1.54, 1.807) is 0 Å². The third-order valence-electron chi connectivity index (χ3n) is 4.06. The van der Waals surface area contributed by atoms with E-state index in [9.17, 15) is 4.79 Å². The van der Waals surface area contributed by atoms with Gasteiger partial charge in [0.25, 0.3) is 0 Å². The summed E-state index contributed by atoms with van der Waals surface area (Å²) in [4.78, 5) is 11.3. The molecule has 1 rings (SSSR count). The van der Waals surface area contributed by atoms with Gasteiger partial charge in [0.15, 0.2) is 9.76 Å². The van der Waals surface area contributed by atoms with E-state index < -0.39 is 6.16 Å². The maximum atomic E-state index is 11.3. The third-order valence-corrected chi connectivity index (χ3v) is 5.42. The topological polar surface area (TPSA) is 44.8 Å². The van der Waals surface area contributed by atoms with Crippen molar-refractivity contribution in [3.05, 3.63) is 0 Å². The van der Waals surface area contributed by atoms with Crippen LogP contribution >= 0.6 is 0 Å². The zero-order chi connectivity index (χ0) is 15.7. The highest BCUT2D eigenvalue weighted by Gasteiger charge is 2.03. The molecule has 0 saturated carbocycles. The molecule has 22 heavy (non-hydrogen) atoms. The van der Waals surface area contributed by atoms with E-state index in [1.807, 2.05) is 0 Å².